The van der Waals surface area contributed by atoms with Gasteiger partial charge in [-0.15, -0.1) is 0 Å². The molecule has 3 rings (SSSR count). The van der Waals surface area contributed by atoms with Gasteiger partial charge in [-0.25, -0.2) is 0 Å². The number of ether oxygens (including phenoxy) is 1. The summed E-state index contributed by atoms with van der Waals surface area (Å²) in [5.74, 6) is -2.09. The highest BCUT2D eigenvalue weighted by atomic mass is 16.5. The van der Waals surface area contributed by atoms with Crippen molar-refractivity contribution in [1.29, 1.82) is 5.26 Å². The smallest absolute Gasteiger partial charge is 0.296 e. The van der Waals surface area contributed by atoms with Gasteiger partial charge in [0.25, 0.3) is 5.91 Å². The second-order valence-corrected chi connectivity index (χ2v) is 5.50. The molecule has 6 heteroatoms. The minimum Gasteiger partial charge on any atom is -0.496 e. The fourth-order valence-electron chi connectivity index (χ4n) is 3.13. The molecule has 0 unspecified atom stereocenters. The van der Waals surface area contributed by atoms with Gasteiger partial charge in [0.2, 0.25) is 11.9 Å². The van der Waals surface area contributed by atoms with Crippen LogP contribution in [0.25, 0.3) is 0 Å². The van der Waals surface area contributed by atoms with Crippen molar-refractivity contribution in [3.63, 3.8) is 0 Å². The molecule has 2 heterocycles. The van der Waals surface area contributed by atoms with Crippen molar-refractivity contribution >= 4 is 11.8 Å². The largest absolute Gasteiger partial charge is 0.496 e. The number of para-hydroxylation sites is 1. The minimum absolute atomic E-state index is 0.432. The molecule has 1 N–H and O–H groups in total. The Balaban J connectivity index is 2.19. The fourth-order valence-corrected chi connectivity index (χ4v) is 3.13. The summed E-state index contributed by atoms with van der Waals surface area (Å²) >= 11 is 0. The highest BCUT2D eigenvalue weighted by molar-refractivity contribution is 6.02. The van der Waals surface area contributed by atoms with E-state index in [1.54, 1.807) is 53.4 Å². The standard InChI is InChI=1S/C18H15N3O3/c1-24-14-8-4-3-7-12(14)15-13(11-19)17(22)20-18(23)16(15)21-9-5-2-6-10-21/h2-10,13,15-16H,1H3/p+1/t13-,15-,16-/m1/s1. The van der Waals surface area contributed by atoms with E-state index in [2.05, 4.69) is 5.32 Å². The van der Waals surface area contributed by atoms with Crippen LogP contribution in [0.1, 0.15) is 17.5 Å². The Hall–Kier alpha value is -3.20. The summed E-state index contributed by atoms with van der Waals surface area (Å²) in [6.07, 6.45) is 3.49. The van der Waals surface area contributed by atoms with Crippen LogP contribution in [0.3, 0.4) is 0 Å². The average Bonchev–Trinajstić information content (AvgIpc) is 2.62. The number of carbonyl (C=O) groups excluding carboxylic acids is 2. The molecule has 6 nitrogen and oxygen atoms in total. The maximum absolute atomic E-state index is 12.5. The fraction of sp³-hybridized carbons (Fsp3) is 0.222. The molecule has 0 spiro atoms. The third-order valence-corrected chi connectivity index (χ3v) is 4.19. The van der Waals surface area contributed by atoms with Crippen LogP contribution in [0.4, 0.5) is 0 Å². The topological polar surface area (TPSA) is 83.1 Å². The van der Waals surface area contributed by atoms with Gasteiger partial charge in [-0.05, 0) is 6.07 Å². The second kappa shape index (κ2) is 6.50. The molecule has 1 aliphatic rings. The Morgan fingerprint density at radius 3 is 2.46 bits per heavy atom. The molecule has 1 aromatic heterocycles. The maximum atomic E-state index is 12.5. The summed E-state index contributed by atoms with van der Waals surface area (Å²) in [4.78, 5) is 24.7. The van der Waals surface area contributed by atoms with E-state index in [-0.39, 0.29) is 0 Å². The number of benzene rings is 1. The molecule has 2 aromatic rings. The predicted molar refractivity (Wildman–Crippen MR) is 83.7 cm³/mol. The van der Waals surface area contributed by atoms with Gasteiger partial charge in [-0.1, -0.05) is 24.3 Å². The first-order valence-electron chi connectivity index (χ1n) is 7.50. The molecule has 2 amide bonds. The first-order valence-corrected chi connectivity index (χ1v) is 7.50. The average molecular weight is 322 g/mol. The van der Waals surface area contributed by atoms with Crippen molar-refractivity contribution in [3.8, 4) is 11.8 Å². The van der Waals surface area contributed by atoms with E-state index >= 15 is 0 Å². The van der Waals surface area contributed by atoms with Gasteiger partial charge in [0.1, 0.15) is 11.7 Å². The summed E-state index contributed by atoms with van der Waals surface area (Å²) in [5, 5.41) is 11.8. The lowest BCUT2D eigenvalue weighted by atomic mass is 9.77. The Morgan fingerprint density at radius 2 is 1.79 bits per heavy atom. The van der Waals surface area contributed by atoms with Crippen LogP contribution in [-0.2, 0) is 9.59 Å². The molecule has 120 valence electrons. The van der Waals surface area contributed by atoms with Crippen molar-refractivity contribution in [2.75, 3.05) is 7.11 Å². The first kappa shape index (κ1) is 15.7. The minimum atomic E-state index is -0.989. The molecule has 1 aromatic carbocycles. The summed E-state index contributed by atoms with van der Waals surface area (Å²) in [6.45, 7) is 0. The molecule has 0 saturated carbocycles. The van der Waals surface area contributed by atoms with Gasteiger partial charge in [0.15, 0.2) is 12.4 Å². The molecule has 1 aliphatic heterocycles. The van der Waals surface area contributed by atoms with E-state index in [1.165, 1.54) is 7.11 Å². The summed E-state index contributed by atoms with van der Waals surface area (Å²) in [6, 6.07) is 13.9. The van der Waals surface area contributed by atoms with Crippen LogP contribution in [0.5, 0.6) is 5.75 Å². The number of pyridine rings is 1. The van der Waals surface area contributed by atoms with Crippen molar-refractivity contribution in [2.24, 2.45) is 5.92 Å². The number of rotatable bonds is 3. The van der Waals surface area contributed by atoms with Gasteiger partial charge < -0.3 is 4.74 Å². The monoisotopic (exact) mass is 322 g/mol. The highest BCUT2D eigenvalue weighted by Crippen LogP contribution is 2.40. The number of nitrogens with zero attached hydrogens (tertiary/aromatic N) is 2. The van der Waals surface area contributed by atoms with Crippen molar-refractivity contribution in [1.82, 2.24) is 5.32 Å². The molecule has 3 atom stereocenters. The zero-order valence-electron chi connectivity index (χ0n) is 13.0. The summed E-state index contributed by atoms with van der Waals surface area (Å²) in [5.41, 5.74) is 0.663. The Bertz CT molecular complexity index is 814. The zero-order valence-corrected chi connectivity index (χ0v) is 13.0. The lowest BCUT2D eigenvalue weighted by Gasteiger charge is -2.30. The van der Waals surface area contributed by atoms with E-state index in [9.17, 15) is 14.9 Å². The number of nitriles is 1. The van der Waals surface area contributed by atoms with Crippen LogP contribution >= 0.6 is 0 Å². The number of piperidine rings is 1. The van der Waals surface area contributed by atoms with Gasteiger partial charge in [0.05, 0.1) is 19.1 Å². The number of nitrogens with one attached hydrogen (secondary N) is 1. The highest BCUT2D eigenvalue weighted by Gasteiger charge is 2.51. The summed E-state index contributed by atoms with van der Waals surface area (Å²) < 4.78 is 7.10. The van der Waals surface area contributed by atoms with E-state index in [0.717, 1.165) is 0 Å². The molecule has 0 radical (unpaired) electrons. The molecule has 0 bridgehead atoms. The van der Waals surface area contributed by atoms with Crippen LogP contribution in [0, 0.1) is 17.2 Å². The number of aromatic nitrogens is 1. The van der Waals surface area contributed by atoms with Gasteiger partial charge in [0, 0.05) is 17.7 Å². The molecule has 1 fully saturated rings. The third-order valence-electron chi connectivity index (χ3n) is 4.19. The maximum Gasteiger partial charge on any atom is 0.296 e. The molecule has 24 heavy (non-hydrogen) atoms. The Morgan fingerprint density at radius 1 is 1.08 bits per heavy atom. The predicted octanol–water partition coefficient (Wildman–Crippen LogP) is 1.10. The number of hydrogen-bond acceptors (Lipinski definition) is 4. The van der Waals surface area contributed by atoms with Crippen LogP contribution < -0.4 is 14.6 Å². The van der Waals surface area contributed by atoms with Crippen LogP contribution in [0.15, 0.2) is 54.9 Å². The third kappa shape index (κ3) is 2.61. The molecular formula is C18H16N3O3+. The Labute approximate surface area is 139 Å². The van der Waals surface area contributed by atoms with Crippen molar-refractivity contribution < 1.29 is 18.9 Å². The first-order chi connectivity index (χ1) is 11.7. The lowest BCUT2D eigenvalue weighted by Crippen LogP contribution is -2.59. The van der Waals surface area contributed by atoms with Crippen molar-refractivity contribution in [3.05, 3.63) is 60.4 Å². The number of hydrogen-bond donors (Lipinski definition) is 1. The van der Waals surface area contributed by atoms with Gasteiger partial charge in [-0.3, -0.25) is 14.9 Å². The number of methoxy groups -OCH3 is 1. The van der Waals surface area contributed by atoms with Gasteiger partial charge >= 0.3 is 0 Å². The van der Waals surface area contributed by atoms with E-state index in [1.807, 2.05) is 12.1 Å². The van der Waals surface area contributed by atoms with E-state index < -0.39 is 29.7 Å². The molecular weight excluding hydrogens is 306 g/mol. The second-order valence-electron chi connectivity index (χ2n) is 5.50. The van der Waals surface area contributed by atoms with Crippen molar-refractivity contribution in [2.45, 2.75) is 12.0 Å². The Kier molecular flexibility index (Phi) is 4.25. The molecule has 1 saturated heterocycles. The van der Waals surface area contributed by atoms with E-state index in [4.69, 9.17) is 4.74 Å². The zero-order chi connectivity index (χ0) is 17.1. The SMILES string of the molecule is COc1ccccc1[C@@H]1[C@@H](C#N)C(=O)NC(=O)[C@@H]1[n+]1ccccc1. The number of carbonyl (C=O) groups is 2. The van der Waals surface area contributed by atoms with Crippen LogP contribution in [-0.4, -0.2) is 18.9 Å². The van der Waals surface area contributed by atoms with Gasteiger partial charge in [-0.2, -0.15) is 9.83 Å². The lowest BCUT2D eigenvalue weighted by molar-refractivity contribution is -0.713. The van der Waals surface area contributed by atoms with Crippen LogP contribution in [0.2, 0.25) is 0 Å². The number of imide groups is 1. The molecule has 0 aliphatic carbocycles. The normalized spacial score (nSPS) is 23.2. The summed E-state index contributed by atoms with van der Waals surface area (Å²) in [7, 11) is 1.52. The number of amides is 2. The quantitative estimate of drug-likeness (QED) is 0.678. The van der Waals surface area contributed by atoms with E-state index in [0.29, 0.717) is 11.3 Å².